The predicted octanol–water partition coefficient (Wildman–Crippen LogP) is 3.44. The van der Waals surface area contributed by atoms with Crippen molar-refractivity contribution in [1.82, 2.24) is 0 Å². The molecule has 2 nitrogen and oxygen atoms in total. The molecule has 19 heavy (non-hydrogen) atoms. The van der Waals surface area contributed by atoms with Crippen LogP contribution in [0.3, 0.4) is 0 Å². The van der Waals surface area contributed by atoms with Gasteiger partial charge in [-0.25, -0.2) is 0 Å². The van der Waals surface area contributed by atoms with Gasteiger partial charge in [0.15, 0.2) is 0 Å². The third-order valence-electron chi connectivity index (χ3n) is 4.18. The average Bonchev–Trinajstić information content (AvgIpc) is 2.38. The van der Waals surface area contributed by atoms with E-state index in [9.17, 15) is 4.79 Å². The van der Waals surface area contributed by atoms with Crippen molar-refractivity contribution in [3.63, 3.8) is 0 Å². The molecule has 0 N–H and O–H groups in total. The predicted molar refractivity (Wildman–Crippen MR) is 83.3 cm³/mol. The number of carbonyl (C=O) groups is 1. The van der Waals surface area contributed by atoms with E-state index in [1.54, 1.807) is 0 Å². The Labute approximate surface area is 118 Å². The van der Waals surface area contributed by atoms with E-state index in [2.05, 4.69) is 51.2 Å². The topological polar surface area (TPSA) is 26.3 Å². The zero-order valence-corrected chi connectivity index (χ0v) is 13.9. The molecule has 1 aromatic carbocycles. The lowest BCUT2D eigenvalue weighted by Gasteiger charge is -2.39. The number of hydrogen-bond donors (Lipinski definition) is 0. The first-order chi connectivity index (χ1) is 8.82. The van der Waals surface area contributed by atoms with Crippen LogP contribution in [-0.4, -0.2) is 21.2 Å². The highest BCUT2D eigenvalue weighted by Crippen LogP contribution is 2.37. The fourth-order valence-electron chi connectivity index (χ4n) is 3.43. The van der Waals surface area contributed by atoms with Gasteiger partial charge in [0.25, 0.3) is 0 Å². The van der Waals surface area contributed by atoms with Gasteiger partial charge >= 0.3 is 5.97 Å². The standard InChI is InChI=1S/C16H26O2Si/c1-12(2)15(13(3)16(17)18-4)19(5,6)14-10-8-7-9-11-14/h7-13,15H,1-6H3/t13-,15-/m0/s1. The van der Waals surface area contributed by atoms with Crippen molar-refractivity contribution in [3.8, 4) is 0 Å². The Morgan fingerprint density at radius 2 is 1.63 bits per heavy atom. The van der Waals surface area contributed by atoms with Crippen LogP contribution >= 0.6 is 0 Å². The van der Waals surface area contributed by atoms with Crippen LogP contribution in [0.15, 0.2) is 30.3 Å². The molecule has 0 unspecified atom stereocenters. The second-order valence-electron chi connectivity index (χ2n) is 6.17. The molecule has 1 aromatic rings. The largest absolute Gasteiger partial charge is 0.469 e. The van der Waals surface area contributed by atoms with Crippen molar-refractivity contribution in [3.05, 3.63) is 30.3 Å². The third-order valence-corrected chi connectivity index (χ3v) is 8.84. The number of methoxy groups -OCH3 is 1. The van der Waals surface area contributed by atoms with Crippen LogP contribution in [0.25, 0.3) is 0 Å². The van der Waals surface area contributed by atoms with Crippen LogP contribution in [0, 0.1) is 11.8 Å². The molecule has 1 rings (SSSR count). The van der Waals surface area contributed by atoms with Crippen LogP contribution < -0.4 is 5.19 Å². The minimum Gasteiger partial charge on any atom is -0.469 e. The van der Waals surface area contributed by atoms with Gasteiger partial charge in [-0.2, -0.15) is 0 Å². The molecule has 3 heteroatoms. The number of hydrogen-bond acceptors (Lipinski definition) is 2. The average molecular weight is 278 g/mol. The van der Waals surface area contributed by atoms with E-state index in [1.807, 2.05) is 13.0 Å². The second kappa shape index (κ2) is 6.37. The molecule has 0 aliphatic carbocycles. The first kappa shape index (κ1) is 16.0. The Bertz CT molecular complexity index is 412. The summed E-state index contributed by atoms with van der Waals surface area (Å²) in [5, 5.41) is 1.41. The highest BCUT2D eigenvalue weighted by atomic mass is 28.3. The van der Waals surface area contributed by atoms with Crippen molar-refractivity contribution < 1.29 is 9.53 Å². The summed E-state index contributed by atoms with van der Waals surface area (Å²) in [6.07, 6.45) is 0. The smallest absolute Gasteiger partial charge is 0.308 e. The highest BCUT2D eigenvalue weighted by molar-refractivity contribution is 6.91. The van der Waals surface area contributed by atoms with Crippen molar-refractivity contribution in [2.45, 2.75) is 39.4 Å². The quantitative estimate of drug-likeness (QED) is 0.609. The molecule has 0 aliphatic heterocycles. The Morgan fingerprint density at radius 1 is 1.11 bits per heavy atom. The van der Waals surface area contributed by atoms with E-state index < -0.39 is 8.07 Å². The third kappa shape index (κ3) is 3.47. The Hall–Kier alpha value is -1.09. The van der Waals surface area contributed by atoms with Crippen LogP contribution in [0.2, 0.25) is 18.6 Å². The molecule has 0 fully saturated rings. The fourth-order valence-corrected chi connectivity index (χ4v) is 7.92. The molecule has 0 heterocycles. The molecule has 0 spiro atoms. The van der Waals surface area contributed by atoms with Gasteiger partial charge in [-0.05, 0) is 11.5 Å². The summed E-state index contributed by atoms with van der Waals surface area (Å²) in [4.78, 5) is 11.9. The van der Waals surface area contributed by atoms with E-state index in [-0.39, 0.29) is 11.9 Å². The summed E-state index contributed by atoms with van der Waals surface area (Å²) in [5.41, 5.74) is 0.377. The zero-order valence-electron chi connectivity index (χ0n) is 12.9. The summed E-state index contributed by atoms with van der Waals surface area (Å²) in [7, 11) is -0.235. The SMILES string of the molecule is COC(=O)[C@@H](C)[C@H](C(C)C)[Si](C)(C)c1ccccc1. The van der Waals surface area contributed by atoms with Crippen LogP contribution in [-0.2, 0) is 9.53 Å². The molecule has 0 aliphatic rings. The van der Waals surface area contributed by atoms with E-state index in [1.165, 1.54) is 12.3 Å². The summed E-state index contributed by atoms with van der Waals surface area (Å²) < 4.78 is 4.96. The first-order valence-electron chi connectivity index (χ1n) is 6.95. The van der Waals surface area contributed by atoms with Crippen molar-refractivity contribution >= 4 is 19.2 Å². The lowest BCUT2D eigenvalue weighted by atomic mass is 9.98. The normalized spacial score (nSPS) is 15.1. The summed E-state index contributed by atoms with van der Waals surface area (Å²) in [6.45, 7) is 11.1. The minimum atomic E-state index is -1.71. The lowest BCUT2D eigenvalue weighted by Crippen LogP contribution is -2.51. The number of benzene rings is 1. The van der Waals surface area contributed by atoms with Crippen LogP contribution in [0.5, 0.6) is 0 Å². The van der Waals surface area contributed by atoms with Gasteiger partial charge < -0.3 is 4.74 Å². The maximum absolute atomic E-state index is 11.9. The molecule has 0 saturated carbocycles. The number of carbonyl (C=O) groups excluding carboxylic acids is 1. The maximum Gasteiger partial charge on any atom is 0.308 e. The molecule has 106 valence electrons. The molecular formula is C16H26O2Si. The maximum atomic E-state index is 11.9. The highest BCUT2D eigenvalue weighted by Gasteiger charge is 2.41. The summed E-state index contributed by atoms with van der Waals surface area (Å²) in [5.74, 6) is 0.332. The minimum absolute atomic E-state index is 0.0492. The Morgan fingerprint density at radius 3 is 2.05 bits per heavy atom. The van der Waals surface area contributed by atoms with E-state index in [4.69, 9.17) is 4.74 Å². The van der Waals surface area contributed by atoms with Crippen LogP contribution in [0.4, 0.5) is 0 Å². The molecule has 2 atom stereocenters. The zero-order chi connectivity index (χ0) is 14.6. The lowest BCUT2D eigenvalue weighted by molar-refractivity contribution is -0.145. The van der Waals surface area contributed by atoms with Crippen molar-refractivity contribution in [2.24, 2.45) is 11.8 Å². The van der Waals surface area contributed by atoms with Crippen LogP contribution in [0.1, 0.15) is 20.8 Å². The van der Waals surface area contributed by atoms with Gasteiger partial charge in [-0.3, -0.25) is 4.79 Å². The van der Waals surface area contributed by atoms with Crippen molar-refractivity contribution in [2.75, 3.05) is 7.11 Å². The van der Waals surface area contributed by atoms with Gasteiger partial charge in [0.2, 0.25) is 0 Å². The van der Waals surface area contributed by atoms with E-state index in [0.29, 0.717) is 11.5 Å². The van der Waals surface area contributed by atoms with Gasteiger partial charge in [-0.15, -0.1) is 0 Å². The number of rotatable bonds is 5. The van der Waals surface area contributed by atoms with Gasteiger partial charge in [-0.1, -0.05) is 69.4 Å². The molecule has 0 bridgehead atoms. The van der Waals surface area contributed by atoms with Gasteiger partial charge in [0, 0.05) is 0 Å². The first-order valence-corrected chi connectivity index (χ1v) is 10.0. The fraction of sp³-hybridized carbons (Fsp3) is 0.562. The molecule has 0 saturated heterocycles. The Balaban J connectivity index is 3.15. The van der Waals surface area contributed by atoms with Gasteiger partial charge in [0.1, 0.15) is 0 Å². The number of esters is 1. The number of ether oxygens (including phenoxy) is 1. The van der Waals surface area contributed by atoms with Gasteiger partial charge in [0.05, 0.1) is 21.1 Å². The summed E-state index contributed by atoms with van der Waals surface area (Å²) >= 11 is 0. The molecular weight excluding hydrogens is 252 g/mol. The summed E-state index contributed by atoms with van der Waals surface area (Å²) in [6, 6.07) is 10.6. The molecule has 0 amide bonds. The second-order valence-corrected chi connectivity index (χ2v) is 10.9. The van der Waals surface area contributed by atoms with Crippen molar-refractivity contribution in [1.29, 1.82) is 0 Å². The monoisotopic (exact) mass is 278 g/mol. The molecule has 0 radical (unpaired) electrons. The van der Waals surface area contributed by atoms with E-state index in [0.717, 1.165) is 0 Å². The Kier molecular flexibility index (Phi) is 5.35. The van der Waals surface area contributed by atoms with E-state index >= 15 is 0 Å². The molecule has 0 aromatic heterocycles.